The van der Waals surface area contributed by atoms with Gasteiger partial charge in [-0.15, -0.1) is 0 Å². The van der Waals surface area contributed by atoms with Gasteiger partial charge in [-0.1, -0.05) is 231 Å². The minimum Gasteiger partial charge on any atom is -0.756 e. The maximum absolute atomic E-state index is 12.7. The fourth-order valence-corrected chi connectivity index (χ4v) is 8.40. The van der Waals surface area contributed by atoms with Gasteiger partial charge in [0.25, 0.3) is 7.82 Å². The molecule has 0 aromatic heterocycles. The average Bonchev–Trinajstić information content (AvgIpc) is 3.23. The molecule has 0 amide bonds. The van der Waals surface area contributed by atoms with Gasteiger partial charge in [-0.2, -0.15) is 0 Å². The third-order valence-corrected chi connectivity index (χ3v) is 12.8. The van der Waals surface area contributed by atoms with E-state index in [-0.39, 0.29) is 32.0 Å². The van der Waals surface area contributed by atoms with Crippen LogP contribution in [0.1, 0.15) is 258 Å². The van der Waals surface area contributed by atoms with E-state index in [0.29, 0.717) is 17.4 Å². The molecule has 0 aliphatic rings. The summed E-state index contributed by atoms with van der Waals surface area (Å²) in [6.07, 6.45) is 49.8. The van der Waals surface area contributed by atoms with Gasteiger partial charge in [0.1, 0.15) is 19.8 Å². The van der Waals surface area contributed by atoms with Crippen LogP contribution in [0.4, 0.5) is 0 Å². The Morgan fingerprint density at radius 2 is 0.855 bits per heavy atom. The molecule has 0 aliphatic carbocycles. The molecule has 0 radical (unpaired) electrons. The number of hydrogen-bond acceptors (Lipinski definition) is 8. The van der Waals surface area contributed by atoms with Crippen LogP contribution in [0.2, 0.25) is 0 Å². The molecule has 0 saturated heterocycles. The second-order valence-electron chi connectivity index (χ2n) is 19.2. The molecule has 0 saturated carbocycles. The van der Waals surface area contributed by atoms with E-state index in [2.05, 4.69) is 19.9 Å². The zero-order chi connectivity index (χ0) is 45.7. The number of likely N-dealkylation sites (N-methyl/N-ethyl adjacent to an activating group) is 1. The van der Waals surface area contributed by atoms with E-state index < -0.39 is 26.5 Å². The van der Waals surface area contributed by atoms with Gasteiger partial charge in [-0.05, 0) is 25.7 Å². The number of quaternary nitrogens is 1. The monoisotopic (exact) mass is 900 g/mol. The van der Waals surface area contributed by atoms with E-state index in [4.69, 9.17) is 18.5 Å². The topological polar surface area (TPSA) is 111 Å². The number of carbonyl (C=O) groups is 2. The molecule has 0 aliphatic heterocycles. The number of esters is 2. The van der Waals surface area contributed by atoms with Gasteiger partial charge in [-0.3, -0.25) is 14.2 Å². The van der Waals surface area contributed by atoms with Crippen LogP contribution < -0.4 is 4.89 Å². The quantitative estimate of drug-likeness (QED) is 0.0195. The fourth-order valence-electron chi connectivity index (χ4n) is 7.68. The number of carbonyl (C=O) groups excluding carboxylic acids is 2. The van der Waals surface area contributed by atoms with Gasteiger partial charge in [0.05, 0.1) is 27.7 Å². The summed E-state index contributed by atoms with van der Waals surface area (Å²) in [4.78, 5) is 37.7. The molecule has 0 bridgehead atoms. The summed E-state index contributed by atoms with van der Waals surface area (Å²) in [5.41, 5.74) is 0. The van der Waals surface area contributed by atoms with Crippen LogP contribution in [0.25, 0.3) is 0 Å². The van der Waals surface area contributed by atoms with E-state index in [1.165, 1.54) is 193 Å². The van der Waals surface area contributed by atoms with E-state index >= 15 is 0 Å². The van der Waals surface area contributed by atoms with E-state index in [9.17, 15) is 19.0 Å². The Kier molecular flexibility index (Phi) is 44.0. The predicted molar refractivity (Wildman–Crippen MR) is 259 cm³/mol. The third-order valence-electron chi connectivity index (χ3n) is 11.8. The second kappa shape index (κ2) is 44.9. The lowest BCUT2D eigenvalue weighted by Crippen LogP contribution is -2.37. The van der Waals surface area contributed by atoms with Crippen molar-refractivity contribution in [2.45, 2.75) is 264 Å². The predicted octanol–water partition coefficient (Wildman–Crippen LogP) is 15.1. The smallest absolute Gasteiger partial charge is 0.306 e. The second-order valence-corrected chi connectivity index (χ2v) is 20.7. The first-order valence-electron chi connectivity index (χ1n) is 26.4. The molecule has 0 spiro atoms. The lowest BCUT2D eigenvalue weighted by atomic mass is 10.0. The van der Waals surface area contributed by atoms with Crippen molar-refractivity contribution in [3.63, 3.8) is 0 Å². The molecule has 368 valence electrons. The largest absolute Gasteiger partial charge is 0.756 e. The summed E-state index contributed by atoms with van der Waals surface area (Å²) in [5, 5.41) is 0. The molecule has 9 nitrogen and oxygen atoms in total. The highest BCUT2D eigenvalue weighted by atomic mass is 31.2. The molecular formula is C52H102NO8P. The number of nitrogens with zero attached hydrogens (tertiary/aromatic N) is 1. The number of ether oxygens (including phenoxy) is 2. The molecule has 62 heavy (non-hydrogen) atoms. The van der Waals surface area contributed by atoms with Gasteiger partial charge in [0, 0.05) is 12.8 Å². The standard InChI is InChI=1S/C52H102NO8P/c1-6-8-10-12-14-16-18-20-22-23-24-25-26-27-28-29-31-32-34-36-38-40-42-44-51(54)58-48-50(49-60-62(56,57)59-47-46-53(3,4)5)61-52(55)45-43-41-39-37-35-33-30-21-19-17-15-13-11-9-7-2/h39,41,50H,6-38,40,42-49H2,1-5H3/b41-39+/t50-/m0/s1. The van der Waals surface area contributed by atoms with Crippen molar-refractivity contribution in [1.29, 1.82) is 0 Å². The van der Waals surface area contributed by atoms with Crippen LogP contribution in [-0.4, -0.2) is 70.0 Å². The molecule has 0 aromatic rings. The Morgan fingerprint density at radius 3 is 1.26 bits per heavy atom. The highest BCUT2D eigenvalue weighted by Gasteiger charge is 2.21. The van der Waals surface area contributed by atoms with E-state index in [1.807, 2.05) is 27.2 Å². The Balaban J connectivity index is 4.17. The highest BCUT2D eigenvalue weighted by molar-refractivity contribution is 7.45. The van der Waals surface area contributed by atoms with Crippen LogP contribution in [0.15, 0.2) is 12.2 Å². The van der Waals surface area contributed by atoms with Crippen molar-refractivity contribution in [1.82, 2.24) is 0 Å². The number of hydrogen-bond donors (Lipinski definition) is 0. The Bertz CT molecular complexity index is 1060. The number of phosphoric acid groups is 1. The number of allylic oxidation sites excluding steroid dienone is 2. The molecule has 1 unspecified atom stereocenters. The van der Waals surface area contributed by atoms with E-state index in [1.54, 1.807) is 0 Å². The van der Waals surface area contributed by atoms with Crippen LogP contribution >= 0.6 is 7.82 Å². The number of phosphoric ester groups is 1. The lowest BCUT2D eigenvalue weighted by Gasteiger charge is -2.28. The fraction of sp³-hybridized carbons (Fsp3) is 0.923. The van der Waals surface area contributed by atoms with Crippen molar-refractivity contribution in [3.05, 3.63) is 12.2 Å². The van der Waals surface area contributed by atoms with Gasteiger partial charge in [0.2, 0.25) is 0 Å². The third kappa shape index (κ3) is 48.2. The summed E-state index contributed by atoms with van der Waals surface area (Å²) in [6.45, 7) is 4.24. The van der Waals surface area contributed by atoms with Crippen LogP contribution in [0.3, 0.4) is 0 Å². The molecule has 0 aromatic carbocycles. The maximum Gasteiger partial charge on any atom is 0.306 e. The van der Waals surface area contributed by atoms with Crippen molar-refractivity contribution < 1.29 is 42.1 Å². The molecule has 2 atom stereocenters. The summed E-state index contributed by atoms with van der Waals surface area (Å²) in [7, 11) is 1.16. The SMILES string of the molecule is CCCCCCCCCCCCC/C=C/CCC(=O)O[C@@H](COC(=O)CCCCCCCCCCCCCCCCCCCCCCCCC)COP(=O)([O-])OCC[N+](C)(C)C. The molecule has 0 rings (SSSR count). The number of rotatable bonds is 49. The first-order valence-corrected chi connectivity index (χ1v) is 27.9. The number of unbranched alkanes of at least 4 members (excludes halogenated alkanes) is 33. The summed E-state index contributed by atoms with van der Waals surface area (Å²) in [6, 6.07) is 0. The first-order chi connectivity index (χ1) is 30.0. The van der Waals surface area contributed by atoms with Gasteiger partial charge in [-0.25, -0.2) is 0 Å². The summed E-state index contributed by atoms with van der Waals surface area (Å²) >= 11 is 0. The average molecular weight is 900 g/mol. The maximum atomic E-state index is 12.7. The van der Waals surface area contributed by atoms with Crippen LogP contribution in [0.5, 0.6) is 0 Å². The highest BCUT2D eigenvalue weighted by Crippen LogP contribution is 2.38. The normalized spacial score (nSPS) is 13.5. The van der Waals surface area contributed by atoms with Crippen molar-refractivity contribution >= 4 is 19.8 Å². The van der Waals surface area contributed by atoms with Crippen molar-refractivity contribution in [3.8, 4) is 0 Å². The minimum absolute atomic E-state index is 0.0329. The van der Waals surface area contributed by atoms with Crippen molar-refractivity contribution in [2.24, 2.45) is 0 Å². The molecule has 0 N–H and O–H groups in total. The summed E-state index contributed by atoms with van der Waals surface area (Å²) < 4.78 is 34.0. The van der Waals surface area contributed by atoms with Crippen LogP contribution in [0, 0.1) is 0 Å². The van der Waals surface area contributed by atoms with Gasteiger partial charge < -0.3 is 27.9 Å². The Hall–Kier alpha value is -1.25. The molecule has 0 heterocycles. The molecule has 10 heteroatoms. The van der Waals surface area contributed by atoms with Gasteiger partial charge in [0.15, 0.2) is 6.10 Å². The van der Waals surface area contributed by atoms with Gasteiger partial charge >= 0.3 is 11.9 Å². The Labute approximate surface area is 384 Å². The minimum atomic E-state index is -4.63. The molecule has 0 fully saturated rings. The Morgan fingerprint density at radius 1 is 0.484 bits per heavy atom. The first kappa shape index (κ1) is 60.8. The zero-order valence-electron chi connectivity index (χ0n) is 41.6. The van der Waals surface area contributed by atoms with E-state index in [0.717, 1.165) is 32.1 Å². The lowest BCUT2D eigenvalue weighted by molar-refractivity contribution is -0.870. The molecular weight excluding hydrogens is 798 g/mol. The zero-order valence-corrected chi connectivity index (χ0v) is 42.5. The van der Waals surface area contributed by atoms with Crippen molar-refractivity contribution in [2.75, 3.05) is 47.5 Å². The van der Waals surface area contributed by atoms with Crippen LogP contribution in [-0.2, 0) is 32.7 Å². The summed E-state index contributed by atoms with van der Waals surface area (Å²) in [5.74, 6) is -0.875.